The monoisotopic (exact) mass is 215 g/mol. The summed E-state index contributed by atoms with van der Waals surface area (Å²) in [6, 6.07) is 8.53. The fourth-order valence-corrected chi connectivity index (χ4v) is 1.76. The van der Waals surface area contributed by atoms with Gasteiger partial charge in [-0.2, -0.15) is 0 Å². The second-order valence-corrected chi connectivity index (χ2v) is 4.36. The van der Waals surface area contributed by atoms with Crippen molar-refractivity contribution in [3.63, 3.8) is 0 Å². The van der Waals surface area contributed by atoms with Crippen molar-refractivity contribution in [2.24, 2.45) is 7.05 Å². The van der Waals surface area contributed by atoms with E-state index in [-0.39, 0.29) is 0 Å². The van der Waals surface area contributed by atoms with Crippen molar-refractivity contribution in [2.45, 2.75) is 6.54 Å². The molecule has 0 spiro atoms. The van der Waals surface area contributed by atoms with Crippen molar-refractivity contribution < 1.29 is 0 Å². The van der Waals surface area contributed by atoms with E-state index in [4.69, 9.17) is 0 Å². The number of rotatable bonds is 3. The zero-order valence-corrected chi connectivity index (χ0v) is 10.0. The molecule has 1 aromatic carbocycles. The van der Waals surface area contributed by atoms with Crippen LogP contribution in [0.1, 0.15) is 5.56 Å². The molecule has 0 unspecified atom stereocenters. The molecule has 0 aliphatic rings. The summed E-state index contributed by atoms with van der Waals surface area (Å²) in [5, 5.41) is 0. The highest BCUT2D eigenvalue weighted by Gasteiger charge is 2.02. The Balaban J connectivity index is 2.28. The Morgan fingerprint density at radius 1 is 1.31 bits per heavy atom. The third-order valence-corrected chi connectivity index (χ3v) is 2.43. The Bertz CT molecular complexity index is 472. The summed E-state index contributed by atoms with van der Waals surface area (Å²) in [6.45, 7) is 0.959. The molecule has 3 nitrogen and oxygen atoms in total. The quantitative estimate of drug-likeness (QED) is 0.782. The minimum absolute atomic E-state index is 0.959. The van der Waals surface area contributed by atoms with E-state index in [2.05, 4.69) is 48.2 Å². The topological polar surface area (TPSA) is 21.1 Å². The van der Waals surface area contributed by atoms with Gasteiger partial charge in [0.05, 0.1) is 12.0 Å². The fourth-order valence-electron chi connectivity index (χ4n) is 1.76. The van der Waals surface area contributed by atoms with Crippen molar-refractivity contribution in [3.05, 3.63) is 42.4 Å². The lowest BCUT2D eigenvalue weighted by molar-refractivity contribution is 0.402. The molecule has 1 aromatic heterocycles. The smallest absolute Gasteiger partial charge is 0.0951 e. The van der Waals surface area contributed by atoms with Crippen LogP contribution in [0, 0.1) is 0 Å². The van der Waals surface area contributed by atoms with Gasteiger partial charge in [-0.3, -0.25) is 0 Å². The number of benzene rings is 1. The average molecular weight is 215 g/mol. The van der Waals surface area contributed by atoms with Crippen LogP contribution in [0.2, 0.25) is 0 Å². The number of hydrogen-bond acceptors (Lipinski definition) is 2. The molecule has 0 atom stereocenters. The van der Waals surface area contributed by atoms with Gasteiger partial charge in [-0.05, 0) is 25.7 Å². The molecule has 0 fully saturated rings. The van der Waals surface area contributed by atoms with Gasteiger partial charge in [0.1, 0.15) is 0 Å². The van der Waals surface area contributed by atoms with Crippen molar-refractivity contribution in [1.29, 1.82) is 0 Å². The SMILES string of the molecule is CN(C)Cc1cccc(-c2cn(C)cn2)c1. The van der Waals surface area contributed by atoms with Crippen LogP contribution >= 0.6 is 0 Å². The molecule has 0 saturated carbocycles. The standard InChI is InChI=1S/C13H17N3/c1-15(2)8-11-5-4-6-12(7-11)13-9-16(3)10-14-13/h4-7,9-10H,8H2,1-3H3. The maximum absolute atomic E-state index is 4.36. The van der Waals surface area contributed by atoms with Gasteiger partial charge in [0, 0.05) is 25.4 Å². The van der Waals surface area contributed by atoms with Crippen LogP contribution in [0.4, 0.5) is 0 Å². The molecular weight excluding hydrogens is 198 g/mol. The summed E-state index contributed by atoms with van der Waals surface area (Å²) >= 11 is 0. The van der Waals surface area contributed by atoms with Crippen LogP contribution in [0.5, 0.6) is 0 Å². The third kappa shape index (κ3) is 2.49. The fraction of sp³-hybridized carbons (Fsp3) is 0.308. The molecule has 16 heavy (non-hydrogen) atoms. The number of imidazole rings is 1. The Labute approximate surface area is 96.3 Å². The van der Waals surface area contributed by atoms with Crippen molar-refractivity contribution >= 4 is 0 Å². The van der Waals surface area contributed by atoms with E-state index in [1.54, 1.807) is 0 Å². The molecule has 0 aliphatic heterocycles. The number of nitrogens with zero attached hydrogens (tertiary/aromatic N) is 3. The lowest BCUT2D eigenvalue weighted by atomic mass is 10.1. The Morgan fingerprint density at radius 3 is 2.75 bits per heavy atom. The van der Waals surface area contributed by atoms with Gasteiger partial charge >= 0.3 is 0 Å². The molecule has 3 heteroatoms. The minimum Gasteiger partial charge on any atom is -0.340 e. The van der Waals surface area contributed by atoms with Crippen molar-refractivity contribution in [3.8, 4) is 11.3 Å². The van der Waals surface area contributed by atoms with E-state index in [1.807, 2.05) is 24.1 Å². The van der Waals surface area contributed by atoms with E-state index in [0.29, 0.717) is 0 Å². The van der Waals surface area contributed by atoms with Crippen LogP contribution in [0.25, 0.3) is 11.3 Å². The van der Waals surface area contributed by atoms with Crippen LogP contribution in [-0.2, 0) is 13.6 Å². The maximum Gasteiger partial charge on any atom is 0.0951 e. The average Bonchev–Trinajstić information content (AvgIpc) is 2.64. The molecular formula is C13H17N3. The van der Waals surface area contributed by atoms with Gasteiger partial charge in [-0.15, -0.1) is 0 Å². The molecule has 1 heterocycles. The van der Waals surface area contributed by atoms with Gasteiger partial charge in [0.25, 0.3) is 0 Å². The lowest BCUT2D eigenvalue weighted by Gasteiger charge is -2.10. The molecule has 2 aromatic rings. The minimum atomic E-state index is 0.959. The maximum atomic E-state index is 4.36. The summed E-state index contributed by atoms with van der Waals surface area (Å²) < 4.78 is 1.97. The van der Waals surface area contributed by atoms with E-state index in [9.17, 15) is 0 Å². The van der Waals surface area contributed by atoms with Gasteiger partial charge in [-0.1, -0.05) is 18.2 Å². The molecule has 0 radical (unpaired) electrons. The molecule has 0 N–H and O–H groups in total. The third-order valence-electron chi connectivity index (χ3n) is 2.43. The molecule has 0 saturated heterocycles. The second kappa shape index (κ2) is 4.49. The molecule has 2 rings (SSSR count). The normalized spacial score (nSPS) is 11.0. The first kappa shape index (κ1) is 10.9. The van der Waals surface area contributed by atoms with Gasteiger partial charge in [0.15, 0.2) is 0 Å². The van der Waals surface area contributed by atoms with Crippen LogP contribution < -0.4 is 0 Å². The first-order chi connectivity index (χ1) is 7.65. The van der Waals surface area contributed by atoms with Crippen molar-refractivity contribution in [1.82, 2.24) is 14.5 Å². The first-order valence-electron chi connectivity index (χ1n) is 5.37. The highest BCUT2D eigenvalue weighted by molar-refractivity contribution is 5.59. The van der Waals surface area contributed by atoms with Gasteiger partial charge < -0.3 is 9.47 Å². The summed E-state index contributed by atoms with van der Waals surface area (Å²) in [5.74, 6) is 0. The molecule has 0 aliphatic carbocycles. The largest absolute Gasteiger partial charge is 0.340 e. The van der Waals surface area contributed by atoms with Gasteiger partial charge in [0.2, 0.25) is 0 Å². The highest BCUT2D eigenvalue weighted by Crippen LogP contribution is 2.18. The second-order valence-electron chi connectivity index (χ2n) is 4.36. The summed E-state index contributed by atoms with van der Waals surface area (Å²) in [7, 11) is 6.14. The summed E-state index contributed by atoms with van der Waals surface area (Å²) in [5.41, 5.74) is 3.52. The molecule has 84 valence electrons. The highest BCUT2D eigenvalue weighted by atomic mass is 15.0. The predicted molar refractivity (Wildman–Crippen MR) is 66.0 cm³/mol. The lowest BCUT2D eigenvalue weighted by Crippen LogP contribution is -2.10. The van der Waals surface area contributed by atoms with E-state index in [1.165, 1.54) is 11.1 Å². The van der Waals surface area contributed by atoms with E-state index >= 15 is 0 Å². The number of aryl methyl sites for hydroxylation is 1. The van der Waals surface area contributed by atoms with Crippen LogP contribution in [0.15, 0.2) is 36.8 Å². The Hall–Kier alpha value is -1.61. The zero-order valence-electron chi connectivity index (χ0n) is 10.0. The number of hydrogen-bond donors (Lipinski definition) is 0. The molecule has 0 bridgehead atoms. The summed E-state index contributed by atoms with van der Waals surface area (Å²) in [6.07, 6.45) is 3.86. The zero-order chi connectivity index (χ0) is 11.5. The van der Waals surface area contributed by atoms with Crippen molar-refractivity contribution in [2.75, 3.05) is 14.1 Å². The Morgan fingerprint density at radius 2 is 2.12 bits per heavy atom. The van der Waals surface area contributed by atoms with E-state index < -0.39 is 0 Å². The first-order valence-corrected chi connectivity index (χ1v) is 5.37. The summed E-state index contributed by atoms with van der Waals surface area (Å²) in [4.78, 5) is 6.52. The van der Waals surface area contributed by atoms with Crippen LogP contribution in [0.3, 0.4) is 0 Å². The molecule has 0 amide bonds. The Kier molecular flexibility index (Phi) is 3.06. The van der Waals surface area contributed by atoms with Gasteiger partial charge in [-0.25, -0.2) is 4.98 Å². The number of aromatic nitrogens is 2. The van der Waals surface area contributed by atoms with Crippen LogP contribution in [-0.4, -0.2) is 28.5 Å². The van der Waals surface area contributed by atoms with E-state index in [0.717, 1.165) is 12.2 Å². The predicted octanol–water partition coefficient (Wildman–Crippen LogP) is 2.15.